The maximum absolute atomic E-state index is 12.5. The number of ether oxygens (including phenoxy) is 1. The number of hydrogen-bond donors (Lipinski definition) is 0. The Hall–Kier alpha value is -2.90. The fourth-order valence-electron chi connectivity index (χ4n) is 3.09. The second-order valence-electron chi connectivity index (χ2n) is 7.12. The summed E-state index contributed by atoms with van der Waals surface area (Å²) in [4.78, 5) is 28.5. The Morgan fingerprint density at radius 3 is 2.50 bits per heavy atom. The fraction of sp³-hybridized carbons (Fsp3) is 0.500. The topological polar surface area (TPSA) is 88.8 Å². The molecule has 28 heavy (non-hydrogen) atoms. The van der Waals surface area contributed by atoms with Crippen LogP contribution in [-0.2, 0) is 11.2 Å². The molecule has 1 aromatic heterocycles. The zero-order valence-electron chi connectivity index (χ0n) is 16.6. The predicted octanol–water partition coefficient (Wildman–Crippen LogP) is 2.12. The van der Waals surface area contributed by atoms with Gasteiger partial charge in [-0.25, -0.2) is 0 Å². The van der Waals surface area contributed by atoms with Crippen LogP contribution in [0.4, 0.5) is 0 Å². The number of amides is 2. The molecular weight excluding hydrogens is 360 g/mol. The first kappa shape index (κ1) is 19.9. The predicted molar refractivity (Wildman–Crippen MR) is 102 cm³/mol. The summed E-state index contributed by atoms with van der Waals surface area (Å²) >= 11 is 0. The second kappa shape index (κ2) is 8.86. The van der Waals surface area contributed by atoms with Crippen LogP contribution in [-0.4, -0.2) is 65.1 Å². The molecule has 3 rings (SSSR count). The van der Waals surface area contributed by atoms with Gasteiger partial charge in [0.25, 0.3) is 0 Å². The van der Waals surface area contributed by atoms with E-state index in [9.17, 15) is 9.59 Å². The zero-order chi connectivity index (χ0) is 20.1. The molecule has 8 nitrogen and oxygen atoms in total. The highest BCUT2D eigenvalue weighted by Gasteiger charge is 2.28. The van der Waals surface area contributed by atoms with E-state index in [1.54, 1.807) is 16.9 Å². The van der Waals surface area contributed by atoms with Gasteiger partial charge in [-0.3, -0.25) is 9.59 Å². The quantitative estimate of drug-likeness (QED) is 0.756. The van der Waals surface area contributed by atoms with E-state index in [1.165, 1.54) is 0 Å². The van der Waals surface area contributed by atoms with E-state index < -0.39 is 0 Å². The minimum Gasteiger partial charge on any atom is -0.497 e. The summed E-state index contributed by atoms with van der Waals surface area (Å²) in [5.74, 6) is 1.15. The van der Waals surface area contributed by atoms with Gasteiger partial charge in [-0.05, 0) is 24.1 Å². The van der Waals surface area contributed by atoms with Gasteiger partial charge >= 0.3 is 11.8 Å². The van der Waals surface area contributed by atoms with Crippen molar-refractivity contribution in [3.63, 3.8) is 0 Å². The molecule has 8 heteroatoms. The average Bonchev–Trinajstić information content (AvgIpc) is 3.22. The first-order valence-corrected chi connectivity index (χ1v) is 9.51. The Labute approximate surface area is 164 Å². The lowest BCUT2D eigenvalue weighted by Crippen LogP contribution is -2.50. The van der Waals surface area contributed by atoms with Crippen LogP contribution in [0.1, 0.15) is 48.3 Å². The third-order valence-electron chi connectivity index (χ3n) is 4.80. The smallest absolute Gasteiger partial charge is 0.311 e. The van der Waals surface area contributed by atoms with Gasteiger partial charge in [-0.1, -0.05) is 26.0 Å². The van der Waals surface area contributed by atoms with Crippen molar-refractivity contribution in [2.45, 2.75) is 32.6 Å². The number of benzene rings is 1. The second-order valence-corrected chi connectivity index (χ2v) is 7.12. The fourth-order valence-corrected chi connectivity index (χ4v) is 3.09. The van der Waals surface area contributed by atoms with Crippen molar-refractivity contribution in [2.24, 2.45) is 0 Å². The molecule has 1 aliphatic heterocycles. The largest absolute Gasteiger partial charge is 0.497 e. The van der Waals surface area contributed by atoms with Crippen molar-refractivity contribution in [1.82, 2.24) is 20.0 Å². The van der Waals surface area contributed by atoms with Gasteiger partial charge in [-0.15, -0.1) is 10.2 Å². The Balaban J connectivity index is 1.48. The van der Waals surface area contributed by atoms with Crippen LogP contribution in [0.5, 0.6) is 5.75 Å². The first-order chi connectivity index (χ1) is 13.5. The lowest BCUT2D eigenvalue weighted by molar-refractivity contribution is -0.132. The summed E-state index contributed by atoms with van der Waals surface area (Å²) in [5.41, 5.74) is 1.07. The standard InChI is InChI=1S/C20H26N4O4/c1-14(2)18-21-22-19(28-18)20(26)24-11-9-23(10-12-24)17(25)8-7-15-5-4-6-16(13-15)27-3/h4-6,13-14H,7-12H2,1-3H3. The molecule has 2 amide bonds. The van der Waals surface area contributed by atoms with Gasteiger partial charge in [0.1, 0.15) is 5.75 Å². The maximum atomic E-state index is 12.5. The van der Waals surface area contributed by atoms with Gasteiger partial charge < -0.3 is 19.0 Å². The average molecular weight is 386 g/mol. The monoisotopic (exact) mass is 386 g/mol. The van der Waals surface area contributed by atoms with E-state index in [-0.39, 0.29) is 23.6 Å². The van der Waals surface area contributed by atoms with Crippen molar-refractivity contribution >= 4 is 11.8 Å². The summed E-state index contributed by atoms with van der Waals surface area (Å²) in [7, 11) is 1.63. The Morgan fingerprint density at radius 2 is 1.86 bits per heavy atom. The molecule has 0 radical (unpaired) electrons. The number of rotatable bonds is 6. The highest BCUT2D eigenvalue weighted by atomic mass is 16.5. The number of aromatic nitrogens is 2. The van der Waals surface area contributed by atoms with Crippen LogP contribution in [0.25, 0.3) is 0 Å². The summed E-state index contributed by atoms with van der Waals surface area (Å²) in [6.45, 7) is 5.79. The number of carbonyl (C=O) groups excluding carboxylic acids is 2. The minimum absolute atomic E-state index is 0.0153. The number of carbonyl (C=O) groups is 2. The number of aryl methyl sites for hydroxylation is 1. The molecule has 0 spiro atoms. The summed E-state index contributed by atoms with van der Waals surface area (Å²) in [5, 5.41) is 7.75. The maximum Gasteiger partial charge on any atom is 0.311 e. The Kier molecular flexibility index (Phi) is 6.28. The van der Waals surface area contributed by atoms with E-state index >= 15 is 0 Å². The molecule has 0 unspecified atom stereocenters. The Bertz CT molecular complexity index is 825. The molecule has 0 saturated carbocycles. The molecule has 1 aliphatic rings. The van der Waals surface area contributed by atoms with Crippen LogP contribution in [0.15, 0.2) is 28.7 Å². The number of hydrogen-bond acceptors (Lipinski definition) is 6. The molecule has 1 saturated heterocycles. The van der Waals surface area contributed by atoms with Crippen molar-refractivity contribution in [3.05, 3.63) is 41.6 Å². The summed E-state index contributed by atoms with van der Waals surface area (Å²) < 4.78 is 10.6. The highest BCUT2D eigenvalue weighted by molar-refractivity contribution is 5.89. The van der Waals surface area contributed by atoms with E-state index in [4.69, 9.17) is 9.15 Å². The molecule has 1 aromatic carbocycles. The molecule has 0 aliphatic carbocycles. The van der Waals surface area contributed by atoms with Crippen LogP contribution in [0.2, 0.25) is 0 Å². The number of methoxy groups -OCH3 is 1. The first-order valence-electron chi connectivity index (χ1n) is 9.51. The van der Waals surface area contributed by atoms with E-state index in [2.05, 4.69) is 10.2 Å². The molecule has 2 aromatic rings. The van der Waals surface area contributed by atoms with Crippen LogP contribution in [0.3, 0.4) is 0 Å². The molecule has 0 atom stereocenters. The van der Waals surface area contributed by atoms with Gasteiger partial charge in [0.15, 0.2) is 0 Å². The summed E-state index contributed by atoms with van der Waals surface area (Å²) in [6.07, 6.45) is 1.09. The molecule has 150 valence electrons. The summed E-state index contributed by atoms with van der Waals surface area (Å²) in [6, 6.07) is 7.74. The van der Waals surface area contributed by atoms with Gasteiger partial charge in [0.05, 0.1) is 7.11 Å². The van der Waals surface area contributed by atoms with Crippen LogP contribution < -0.4 is 4.74 Å². The Morgan fingerprint density at radius 1 is 1.14 bits per heavy atom. The molecule has 0 bridgehead atoms. The normalized spacial score (nSPS) is 14.4. The van der Waals surface area contributed by atoms with Crippen molar-refractivity contribution < 1.29 is 18.7 Å². The molecular formula is C20H26N4O4. The third kappa shape index (κ3) is 4.68. The SMILES string of the molecule is COc1cccc(CCC(=O)N2CCN(C(=O)c3nnc(C(C)C)o3)CC2)c1. The van der Waals surface area contributed by atoms with Gasteiger partial charge in [0.2, 0.25) is 11.8 Å². The van der Waals surface area contributed by atoms with E-state index in [0.717, 1.165) is 11.3 Å². The lowest BCUT2D eigenvalue weighted by Gasteiger charge is -2.34. The zero-order valence-corrected chi connectivity index (χ0v) is 16.6. The minimum atomic E-state index is -0.275. The van der Waals surface area contributed by atoms with Crippen LogP contribution >= 0.6 is 0 Å². The van der Waals surface area contributed by atoms with Crippen LogP contribution in [0, 0.1) is 0 Å². The van der Waals surface area contributed by atoms with Crippen molar-refractivity contribution in [1.29, 1.82) is 0 Å². The van der Waals surface area contributed by atoms with Gasteiger partial charge in [-0.2, -0.15) is 0 Å². The number of piperazine rings is 1. The molecule has 0 N–H and O–H groups in total. The van der Waals surface area contributed by atoms with Gasteiger partial charge in [0, 0.05) is 38.5 Å². The number of nitrogens with zero attached hydrogens (tertiary/aromatic N) is 4. The molecule has 2 heterocycles. The third-order valence-corrected chi connectivity index (χ3v) is 4.80. The van der Waals surface area contributed by atoms with Crippen molar-refractivity contribution in [3.8, 4) is 5.75 Å². The molecule has 1 fully saturated rings. The van der Waals surface area contributed by atoms with Crippen molar-refractivity contribution in [2.75, 3.05) is 33.3 Å². The van der Waals surface area contributed by atoms with E-state index in [0.29, 0.717) is 44.9 Å². The van der Waals surface area contributed by atoms with E-state index in [1.807, 2.05) is 38.1 Å². The highest BCUT2D eigenvalue weighted by Crippen LogP contribution is 2.16. The lowest BCUT2D eigenvalue weighted by atomic mass is 10.1.